The molecule has 0 aromatic carbocycles. The second kappa shape index (κ2) is 7.25. The molecule has 0 aromatic rings. The van der Waals surface area contributed by atoms with E-state index >= 15 is 0 Å². The van der Waals surface area contributed by atoms with Gasteiger partial charge in [-0.2, -0.15) is 0 Å². The zero-order valence-electron chi connectivity index (χ0n) is 13.1. The lowest BCUT2D eigenvalue weighted by Crippen LogP contribution is -2.11. The van der Waals surface area contributed by atoms with Crippen molar-refractivity contribution in [1.29, 1.82) is 0 Å². The third kappa shape index (κ3) is 3.56. The number of methoxy groups -OCH3 is 1. The van der Waals surface area contributed by atoms with Crippen LogP contribution in [0.2, 0.25) is 0 Å². The first-order chi connectivity index (χ1) is 10.5. The first-order valence-electron chi connectivity index (χ1n) is 7.43. The highest BCUT2D eigenvalue weighted by Gasteiger charge is 2.20. The predicted octanol–water partition coefficient (Wildman–Crippen LogP) is 4.30. The van der Waals surface area contributed by atoms with Crippen molar-refractivity contribution >= 4 is 5.97 Å². The smallest absolute Gasteiger partial charge is 0.338 e. The second-order valence-electron chi connectivity index (χ2n) is 5.32. The van der Waals surface area contributed by atoms with Gasteiger partial charge in [0.05, 0.1) is 19.3 Å². The van der Waals surface area contributed by atoms with E-state index in [0.717, 1.165) is 24.8 Å². The van der Waals surface area contributed by atoms with E-state index < -0.39 is 5.97 Å². The molecular formula is C18H21FO3. The molecule has 0 amide bonds. The van der Waals surface area contributed by atoms with Gasteiger partial charge in [-0.1, -0.05) is 12.7 Å². The van der Waals surface area contributed by atoms with Gasteiger partial charge < -0.3 is 9.47 Å². The molecule has 1 aliphatic heterocycles. The van der Waals surface area contributed by atoms with E-state index in [1.54, 1.807) is 19.1 Å². The second-order valence-corrected chi connectivity index (χ2v) is 5.32. The number of allylic oxidation sites excluding steroid dienone is 6. The molecule has 0 saturated carbocycles. The van der Waals surface area contributed by atoms with E-state index in [-0.39, 0.29) is 5.83 Å². The summed E-state index contributed by atoms with van der Waals surface area (Å²) in [7, 11) is 1.32. The maximum atomic E-state index is 14.0. The number of hydrogen-bond donors (Lipinski definition) is 0. The van der Waals surface area contributed by atoms with Gasteiger partial charge in [0.25, 0.3) is 0 Å². The van der Waals surface area contributed by atoms with Crippen molar-refractivity contribution in [1.82, 2.24) is 0 Å². The van der Waals surface area contributed by atoms with Crippen LogP contribution in [0.4, 0.5) is 4.39 Å². The van der Waals surface area contributed by atoms with Crippen molar-refractivity contribution in [3.8, 4) is 0 Å². The third-order valence-corrected chi connectivity index (χ3v) is 3.85. The van der Waals surface area contributed by atoms with Crippen LogP contribution in [0.25, 0.3) is 0 Å². The van der Waals surface area contributed by atoms with E-state index in [2.05, 4.69) is 6.58 Å². The summed E-state index contributed by atoms with van der Waals surface area (Å²) in [6.45, 7) is 6.23. The number of rotatable bonds is 3. The zero-order chi connectivity index (χ0) is 16.1. The van der Waals surface area contributed by atoms with Gasteiger partial charge in [-0.25, -0.2) is 9.18 Å². The molecule has 2 aliphatic rings. The lowest BCUT2D eigenvalue weighted by molar-refractivity contribution is -0.135. The Morgan fingerprint density at radius 2 is 2.14 bits per heavy atom. The molecule has 0 N–H and O–H groups in total. The first-order valence-corrected chi connectivity index (χ1v) is 7.43. The van der Waals surface area contributed by atoms with Crippen molar-refractivity contribution in [3.05, 3.63) is 58.7 Å². The minimum absolute atomic E-state index is 0.290. The Kier molecular flexibility index (Phi) is 5.36. The molecule has 2 rings (SSSR count). The quantitative estimate of drug-likeness (QED) is 0.576. The monoisotopic (exact) mass is 304 g/mol. The molecule has 118 valence electrons. The summed E-state index contributed by atoms with van der Waals surface area (Å²) in [5.74, 6) is -0.209. The summed E-state index contributed by atoms with van der Waals surface area (Å²) in [4.78, 5) is 12.1. The predicted molar refractivity (Wildman–Crippen MR) is 83.6 cm³/mol. The van der Waals surface area contributed by atoms with Crippen LogP contribution in [0.15, 0.2) is 58.7 Å². The van der Waals surface area contributed by atoms with E-state index in [9.17, 15) is 9.18 Å². The van der Waals surface area contributed by atoms with Gasteiger partial charge in [0, 0.05) is 5.57 Å². The molecule has 1 fully saturated rings. The number of carbonyl (C=O) groups excluding carboxylic acids is 1. The summed E-state index contributed by atoms with van der Waals surface area (Å²) >= 11 is 0. The molecule has 1 saturated heterocycles. The average molecular weight is 304 g/mol. The molecule has 1 aliphatic carbocycles. The summed E-state index contributed by atoms with van der Waals surface area (Å²) < 4.78 is 24.3. The van der Waals surface area contributed by atoms with Crippen molar-refractivity contribution in [2.45, 2.75) is 32.6 Å². The Labute approximate surface area is 130 Å². The van der Waals surface area contributed by atoms with Crippen LogP contribution in [-0.2, 0) is 14.3 Å². The van der Waals surface area contributed by atoms with E-state index in [4.69, 9.17) is 9.47 Å². The van der Waals surface area contributed by atoms with Gasteiger partial charge in [-0.05, 0) is 55.9 Å². The van der Waals surface area contributed by atoms with Crippen LogP contribution in [0, 0.1) is 0 Å². The fourth-order valence-corrected chi connectivity index (χ4v) is 2.57. The van der Waals surface area contributed by atoms with Gasteiger partial charge >= 0.3 is 5.97 Å². The molecule has 4 heteroatoms. The summed E-state index contributed by atoms with van der Waals surface area (Å²) in [5.41, 5.74) is 2.24. The number of halogens is 1. The summed E-state index contributed by atoms with van der Waals surface area (Å²) in [6.07, 6.45) is 8.18. The number of carbonyl (C=O) groups is 1. The maximum absolute atomic E-state index is 14.0. The summed E-state index contributed by atoms with van der Waals surface area (Å²) in [6, 6.07) is 0. The minimum Gasteiger partial charge on any atom is -0.494 e. The van der Waals surface area contributed by atoms with E-state index in [1.807, 2.05) is 6.08 Å². The molecule has 0 aromatic heterocycles. The topological polar surface area (TPSA) is 35.5 Å². The Morgan fingerprint density at radius 3 is 2.77 bits per heavy atom. The maximum Gasteiger partial charge on any atom is 0.338 e. The highest BCUT2D eigenvalue weighted by Crippen LogP contribution is 2.31. The fraction of sp³-hybridized carbons (Fsp3) is 0.389. The lowest BCUT2D eigenvalue weighted by atomic mass is 9.93. The van der Waals surface area contributed by atoms with E-state index in [0.29, 0.717) is 35.5 Å². The van der Waals surface area contributed by atoms with Crippen molar-refractivity contribution in [3.63, 3.8) is 0 Å². The van der Waals surface area contributed by atoms with Crippen LogP contribution in [-0.4, -0.2) is 19.7 Å². The zero-order valence-corrected chi connectivity index (χ0v) is 13.1. The molecule has 0 atom stereocenters. The van der Waals surface area contributed by atoms with Gasteiger partial charge in [0.2, 0.25) is 0 Å². The largest absolute Gasteiger partial charge is 0.494 e. The minimum atomic E-state index is -0.484. The Morgan fingerprint density at radius 1 is 1.41 bits per heavy atom. The Bertz CT molecular complexity index is 606. The van der Waals surface area contributed by atoms with Gasteiger partial charge in [0.1, 0.15) is 11.6 Å². The SMILES string of the molecule is C=C1OCCCC1=CC(C(=O)OC)=C(C)C1=CCCC=C1F. The normalized spacial score (nSPS) is 21.6. The van der Waals surface area contributed by atoms with Crippen LogP contribution in [0.3, 0.4) is 0 Å². The van der Waals surface area contributed by atoms with Crippen molar-refractivity contribution < 1.29 is 18.7 Å². The molecule has 0 bridgehead atoms. The van der Waals surface area contributed by atoms with Crippen LogP contribution < -0.4 is 0 Å². The third-order valence-electron chi connectivity index (χ3n) is 3.85. The standard InChI is InChI=1S/C18H21FO3/c1-12(15-8-4-5-9-17(15)19)16(18(20)21-3)11-14-7-6-10-22-13(14)2/h8-9,11H,2,4-7,10H2,1,3H3. The molecule has 0 spiro atoms. The molecule has 22 heavy (non-hydrogen) atoms. The van der Waals surface area contributed by atoms with Gasteiger partial charge in [-0.3, -0.25) is 0 Å². The lowest BCUT2D eigenvalue weighted by Gasteiger charge is -2.19. The summed E-state index contributed by atoms with van der Waals surface area (Å²) in [5, 5.41) is 0. The highest BCUT2D eigenvalue weighted by molar-refractivity contribution is 5.94. The van der Waals surface area contributed by atoms with Gasteiger partial charge in [0.15, 0.2) is 0 Å². The number of esters is 1. The molecule has 0 unspecified atom stereocenters. The molecular weight excluding hydrogens is 283 g/mol. The number of ether oxygens (including phenoxy) is 2. The van der Waals surface area contributed by atoms with Crippen molar-refractivity contribution in [2.24, 2.45) is 0 Å². The molecule has 1 heterocycles. The van der Waals surface area contributed by atoms with E-state index in [1.165, 1.54) is 7.11 Å². The van der Waals surface area contributed by atoms with Crippen LogP contribution in [0.5, 0.6) is 0 Å². The Balaban J connectivity index is 2.45. The number of hydrogen-bond acceptors (Lipinski definition) is 3. The first kappa shape index (κ1) is 16.3. The molecule has 0 radical (unpaired) electrons. The van der Waals surface area contributed by atoms with Crippen LogP contribution in [0.1, 0.15) is 32.6 Å². The van der Waals surface area contributed by atoms with Crippen molar-refractivity contribution in [2.75, 3.05) is 13.7 Å². The molecule has 3 nitrogen and oxygen atoms in total. The highest BCUT2D eigenvalue weighted by atomic mass is 19.1. The fourth-order valence-electron chi connectivity index (χ4n) is 2.57. The van der Waals surface area contributed by atoms with Gasteiger partial charge in [-0.15, -0.1) is 0 Å². The van der Waals surface area contributed by atoms with Crippen LogP contribution >= 0.6 is 0 Å². The Hall–Kier alpha value is -2.10. The average Bonchev–Trinajstić information content (AvgIpc) is 2.53.